The molecule has 1 aromatic carbocycles. The summed E-state index contributed by atoms with van der Waals surface area (Å²) >= 11 is 0. The van der Waals surface area contributed by atoms with Crippen molar-refractivity contribution in [3.8, 4) is 0 Å². The van der Waals surface area contributed by atoms with E-state index in [2.05, 4.69) is 17.1 Å². The summed E-state index contributed by atoms with van der Waals surface area (Å²) in [6.07, 6.45) is 1.23. The number of aryl methyl sites for hydroxylation is 1. The third-order valence-electron chi connectivity index (χ3n) is 3.94. The molecule has 0 bridgehead atoms. The van der Waals surface area contributed by atoms with Crippen LogP contribution in [0.25, 0.3) is 0 Å². The van der Waals surface area contributed by atoms with Crippen LogP contribution in [0.3, 0.4) is 0 Å². The fraction of sp³-hybridized carbons (Fsp3) is 0.600. The average molecular weight is 250 g/mol. The summed E-state index contributed by atoms with van der Waals surface area (Å²) in [5.41, 5.74) is 2.67. The number of hydrogen-bond acceptors (Lipinski definition) is 2. The highest BCUT2D eigenvalue weighted by molar-refractivity contribution is 5.26. The molecule has 1 saturated heterocycles. The van der Waals surface area contributed by atoms with E-state index in [-0.39, 0.29) is 5.82 Å². The van der Waals surface area contributed by atoms with Crippen LogP contribution < -0.4 is 5.32 Å². The predicted octanol–water partition coefficient (Wildman–Crippen LogP) is 2.57. The topological polar surface area (TPSA) is 15.3 Å². The normalized spacial score (nSPS) is 24.7. The van der Waals surface area contributed by atoms with E-state index in [4.69, 9.17) is 0 Å². The van der Waals surface area contributed by atoms with Crippen molar-refractivity contribution >= 4 is 0 Å². The molecule has 2 rings (SSSR count). The van der Waals surface area contributed by atoms with Gasteiger partial charge in [-0.3, -0.25) is 4.90 Å². The number of nitrogens with zero attached hydrogens (tertiary/aromatic N) is 1. The molecular weight excluding hydrogens is 227 g/mol. The summed E-state index contributed by atoms with van der Waals surface area (Å²) in [4.78, 5) is 2.47. The Morgan fingerprint density at radius 3 is 2.89 bits per heavy atom. The largest absolute Gasteiger partial charge is 0.319 e. The second-order valence-electron chi connectivity index (χ2n) is 5.87. The first-order valence-electron chi connectivity index (χ1n) is 6.64. The van der Waals surface area contributed by atoms with Crippen LogP contribution >= 0.6 is 0 Å². The molecule has 0 aromatic heterocycles. The Hall–Kier alpha value is -0.930. The Kier molecular flexibility index (Phi) is 4.03. The van der Waals surface area contributed by atoms with Gasteiger partial charge in [0.25, 0.3) is 0 Å². The van der Waals surface area contributed by atoms with Gasteiger partial charge in [0.2, 0.25) is 0 Å². The van der Waals surface area contributed by atoms with Gasteiger partial charge in [0.05, 0.1) is 0 Å². The maximum Gasteiger partial charge on any atom is 0.123 e. The lowest BCUT2D eigenvalue weighted by atomic mass is 9.90. The Morgan fingerprint density at radius 2 is 2.22 bits per heavy atom. The first kappa shape index (κ1) is 13.5. The molecule has 1 unspecified atom stereocenters. The lowest BCUT2D eigenvalue weighted by Gasteiger charge is -2.24. The van der Waals surface area contributed by atoms with Gasteiger partial charge >= 0.3 is 0 Å². The second-order valence-corrected chi connectivity index (χ2v) is 5.87. The van der Waals surface area contributed by atoms with E-state index in [1.807, 2.05) is 20.0 Å². The summed E-state index contributed by atoms with van der Waals surface area (Å²) < 4.78 is 13.1. The van der Waals surface area contributed by atoms with Crippen LogP contribution in [-0.4, -0.2) is 31.6 Å². The number of rotatable bonds is 4. The van der Waals surface area contributed by atoms with Gasteiger partial charge in [-0.15, -0.1) is 0 Å². The quantitative estimate of drug-likeness (QED) is 0.883. The minimum Gasteiger partial charge on any atom is -0.319 e. The monoisotopic (exact) mass is 250 g/mol. The Balaban J connectivity index is 1.99. The lowest BCUT2D eigenvalue weighted by Crippen LogP contribution is -2.33. The van der Waals surface area contributed by atoms with Crippen LogP contribution in [0, 0.1) is 18.2 Å². The first-order valence-corrected chi connectivity index (χ1v) is 6.64. The van der Waals surface area contributed by atoms with Gasteiger partial charge in [-0.25, -0.2) is 4.39 Å². The smallest absolute Gasteiger partial charge is 0.123 e. The maximum atomic E-state index is 13.1. The highest BCUT2D eigenvalue weighted by Crippen LogP contribution is 2.30. The summed E-state index contributed by atoms with van der Waals surface area (Å²) in [5.74, 6) is -0.141. The van der Waals surface area contributed by atoms with Gasteiger partial charge < -0.3 is 5.32 Å². The molecular formula is C15H23FN2. The van der Waals surface area contributed by atoms with Crippen LogP contribution in [-0.2, 0) is 6.54 Å². The van der Waals surface area contributed by atoms with Gasteiger partial charge in [0.15, 0.2) is 0 Å². The van der Waals surface area contributed by atoms with E-state index in [0.29, 0.717) is 5.41 Å². The third-order valence-corrected chi connectivity index (χ3v) is 3.94. The molecule has 1 atom stereocenters. The Morgan fingerprint density at radius 1 is 1.44 bits per heavy atom. The second kappa shape index (κ2) is 5.37. The van der Waals surface area contributed by atoms with Crippen molar-refractivity contribution in [2.24, 2.45) is 5.41 Å². The van der Waals surface area contributed by atoms with Crippen LogP contribution in [0.15, 0.2) is 18.2 Å². The molecule has 3 heteroatoms. The van der Waals surface area contributed by atoms with Crippen molar-refractivity contribution in [2.75, 3.05) is 26.7 Å². The van der Waals surface area contributed by atoms with E-state index in [1.54, 1.807) is 12.1 Å². The Bertz CT molecular complexity index is 419. The average Bonchev–Trinajstić information content (AvgIpc) is 2.65. The molecule has 0 aliphatic carbocycles. The number of halogens is 1. The molecule has 1 aliphatic heterocycles. The number of benzene rings is 1. The molecule has 1 fully saturated rings. The standard InChI is InChI=1S/C15H23FN2/c1-12-8-14(16)5-4-13(12)9-18-7-6-15(2,11-18)10-17-3/h4-5,8,17H,6-7,9-11H2,1-3H3. The van der Waals surface area contributed by atoms with E-state index in [0.717, 1.165) is 31.7 Å². The van der Waals surface area contributed by atoms with Crippen molar-refractivity contribution in [3.63, 3.8) is 0 Å². The molecule has 18 heavy (non-hydrogen) atoms. The van der Waals surface area contributed by atoms with E-state index >= 15 is 0 Å². The van der Waals surface area contributed by atoms with Gasteiger partial charge in [-0.05, 0) is 55.6 Å². The SMILES string of the molecule is CNCC1(C)CCN(Cc2ccc(F)cc2C)C1. The molecule has 0 saturated carbocycles. The predicted molar refractivity (Wildman–Crippen MR) is 73.1 cm³/mol. The molecule has 0 radical (unpaired) electrons. The van der Waals surface area contributed by atoms with Gasteiger partial charge in [0, 0.05) is 19.6 Å². The molecule has 1 N–H and O–H groups in total. The fourth-order valence-corrected chi connectivity index (χ4v) is 2.91. The molecule has 2 nitrogen and oxygen atoms in total. The molecule has 1 aliphatic rings. The molecule has 0 spiro atoms. The number of likely N-dealkylation sites (tertiary alicyclic amines) is 1. The molecule has 1 heterocycles. The van der Waals surface area contributed by atoms with Crippen LogP contribution in [0.4, 0.5) is 4.39 Å². The van der Waals surface area contributed by atoms with Crippen LogP contribution in [0.5, 0.6) is 0 Å². The van der Waals surface area contributed by atoms with E-state index in [1.165, 1.54) is 12.0 Å². The Labute approximate surface area is 109 Å². The summed E-state index contributed by atoms with van der Waals surface area (Å²) in [5, 5.41) is 3.28. The van der Waals surface area contributed by atoms with Crippen LogP contribution in [0.2, 0.25) is 0 Å². The van der Waals surface area contributed by atoms with Crippen molar-refractivity contribution < 1.29 is 4.39 Å². The minimum atomic E-state index is -0.141. The van der Waals surface area contributed by atoms with Crippen LogP contribution in [0.1, 0.15) is 24.5 Å². The highest BCUT2D eigenvalue weighted by atomic mass is 19.1. The van der Waals surface area contributed by atoms with Crippen molar-refractivity contribution in [1.82, 2.24) is 10.2 Å². The zero-order valence-electron chi connectivity index (χ0n) is 11.6. The molecule has 0 amide bonds. The zero-order chi connectivity index (χ0) is 13.2. The maximum absolute atomic E-state index is 13.1. The van der Waals surface area contributed by atoms with E-state index in [9.17, 15) is 4.39 Å². The van der Waals surface area contributed by atoms with Gasteiger partial charge in [0.1, 0.15) is 5.82 Å². The minimum absolute atomic E-state index is 0.141. The summed E-state index contributed by atoms with van der Waals surface area (Å²) in [6.45, 7) is 8.57. The van der Waals surface area contributed by atoms with Gasteiger partial charge in [-0.2, -0.15) is 0 Å². The van der Waals surface area contributed by atoms with Gasteiger partial charge in [-0.1, -0.05) is 13.0 Å². The fourth-order valence-electron chi connectivity index (χ4n) is 2.91. The van der Waals surface area contributed by atoms with E-state index < -0.39 is 0 Å². The van der Waals surface area contributed by atoms with Crippen molar-refractivity contribution in [2.45, 2.75) is 26.8 Å². The third kappa shape index (κ3) is 3.09. The first-order chi connectivity index (χ1) is 8.52. The number of hydrogen-bond donors (Lipinski definition) is 1. The molecule has 100 valence electrons. The van der Waals surface area contributed by atoms with Crippen molar-refractivity contribution in [3.05, 3.63) is 35.1 Å². The molecule has 1 aromatic rings. The lowest BCUT2D eigenvalue weighted by molar-refractivity contribution is 0.265. The summed E-state index contributed by atoms with van der Waals surface area (Å²) in [6, 6.07) is 5.10. The summed E-state index contributed by atoms with van der Waals surface area (Å²) in [7, 11) is 2.01. The number of nitrogens with one attached hydrogen (secondary N) is 1. The highest BCUT2D eigenvalue weighted by Gasteiger charge is 2.32. The zero-order valence-corrected chi connectivity index (χ0v) is 11.6. The van der Waals surface area contributed by atoms with Crippen molar-refractivity contribution in [1.29, 1.82) is 0 Å².